The predicted molar refractivity (Wildman–Crippen MR) is 76.9 cm³/mol. The number of hydrogen-bond acceptors (Lipinski definition) is 7. The topological polar surface area (TPSA) is 102 Å². The van der Waals surface area contributed by atoms with Gasteiger partial charge in [0.1, 0.15) is 5.52 Å². The number of nitrogens with zero attached hydrogens (tertiary/aromatic N) is 4. The van der Waals surface area contributed by atoms with Gasteiger partial charge in [0.25, 0.3) is 0 Å². The van der Waals surface area contributed by atoms with Crippen LogP contribution in [0.2, 0.25) is 0 Å². The van der Waals surface area contributed by atoms with E-state index in [2.05, 4.69) is 24.8 Å². The van der Waals surface area contributed by atoms with Crippen LogP contribution in [0.1, 0.15) is 0 Å². The quantitative estimate of drug-likeness (QED) is 0.822. The van der Waals surface area contributed by atoms with E-state index >= 15 is 0 Å². The molecule has 2 saturated heterocycles. The Bertz CT molecular complexity index is 674. The van der Waals surface area contributed by atoms with E-state index in [9.17, 15) is 0 Å². The maximum Gasteiger partial charge on any atom is 0.224 e. The van der Waals surface area contributed by atoms with E-state index < -0.39 is 0 Å². The van der Waals surface area contributed by atoms with Crippen LogP contribution in [0.15, 0.2) is 6.33 Å². The van der Waals surface area contributed by atoms with Gasteiger partial charge in [-0.05, 0) is 0 Å². The summed E-state index contributed by atoms with van der Waals surface area (Å²) in [4.78, 5) is 18.1. The Morgan fingerprint density at radius 2 is 2.48 bits per heavy atom. The second-order valence-corrected chi connectivity index (χ2v) is 5.89. The molecule has 0 spiro atoms. The lowest BCUT2D eigenvalue weighted by atomic mass is 9.82. The first-order valence-corrected chi connectivity index (χ1v) is 7.00. The van der Waals surface area contributed by atoms with Crippen LogP contribution in [0, 0.1) is 11.3 Å². The average Bonchev–Trinajstić information content (AvgIpc) is 3.10. The van der Waals surface area contributed by atoms with Crippen LogP contribution < -0.4 is 10.6 Å². The molecule has 0 bridgehead atoms. The third-order valence-electron chi connectivity index (χ3n) is 4.54. The third kappa shape index (κ3) is 1.86. The number of H-pyrrole nitrogens is 1. The second-order valence-electron chi connectivity index (χ2n) is 5.89. The molecule has 112 valence electrons. The molecule has 0 amide bonds. The Morgan fingerprint density at radius 1 is 1.57 bits per heavy atom. The molecule has 4 rings (SSSR count). The minimum absolute atomic E-state index is 0.0425. The van der Waals surface area contributed by atoms with Crippen LogP contribution in [-0.2, 0) is 9.47 Å². The standard InChI is InChI=1S/C13H18N6O2/c1-20-5-13-4-19(2-8(13)3-21-6-13)11-9-10(16-7-15-9)17-12(14)18-11/h7-8H,2-6H2,1H3,(H3,14,15,16,17,18)/t8-,13-/m0/s1. The number of rotatable bonds is 3. The van der Waals surface area contributed by atoms with Crippen molar-refractivity contribution in [3.8, 4) is 0 Å². The van der Waals surface area contributed by atoms with Crippen molar-refractivity contribution in [2.45, 2.75) is 0 Å². The van der Waals surface area contributed by atoms with E-state index in [1.807, 2.05) is 0 Å². The molecule has 2 aromatic heterocycles. The number of aromatic amines is 1. The number of fused-ring (bicyclic) bond motifs is 2. The van der Waals surface area contributed by atoms with Crippen molar-refractivity contribution in [1.82, 2.24) is 19.9 Å². The summed E-state index contributed by atoms with van der Waals surface area (Å²) in [6.45, 7) is 3.92. The fraction of sp³-hybridized carbons (Fsp3) is 0.615. The van der Waals surface area contributed by atoms with Crippen LogP contribution in [0.4, 0.5) is 11.8 Å². The highest BCUT2D eigenvalue weighted by atomic mass is 16.5. The van der Waals surface area contributed by atoms with Gasteiger partial charge < -0.3 is 25.1 Å². The molecular weight excluding hydrogens is 272 g/mol. The molecule has 8 nitrogen and oxygen atoms in total. The van der Waals surface area contributed by atoms with Crippen molar-refractivity contribution in [1.29, 1.82) is 0 Å². The van der Waals surface area contributed by atoms with Crippen molar-refractivity contribution in [3.05, 3.63) is 6.33 Å². The fourth-order valence-electron chi connectivity index (χ4n) is 3.55. The molecule has 0 aliphatic carbocycles. The molecule has 8 heteroatoms. The number of hydrogen-bond donors (Lipinski definition) is 2. The molecule has 3 N–H and O–H groups in total. The summed E-state index contributed by atoms with van der Waals surface area (Å²) < 4.78 is 11.1. The highest BCUT2D eigenvalue weighted by molar-refractivity contribution is 5.84. The van der Waals surface area contributed by atoms with Crippen LogP contribution in [-0.4, -0.2) is 60.0 Å². The van der Waals surface area contributed by atoms with E-state index in [-0.39, 0.29) is 11.4 Å². The van der Waals surface area contributed by atoms with Crippen molar-refractivity contribution < 1.29 is 9.47 Å². The van der Waals surface area contributed by atoms with Crippen molar-refractivity contribution >= 4 is 22.9 Å². The van der Waals surface area contributed by atoms with Crippen LogP contribution in [0.3, 0.4) is 0 Å². The fourth-order valence-corrected chi connectivity index (χ4v) is 3.55. The molecule has 0 unspecified atom stereocenters. The first-order chi connectivity index (χ1) is 10.2. The highest BCUT2D eigenvalue weighted by Crippen LogP contribution is 2.43. The third-order valence-corrected chi connectivity index (χ3v) is 4.54. The molecule has 4 heterocycles. The summed E-state index contributed by atoms with van der Waals surface area (Å²) in [6, 6.07) is 0. The maximum absolute atomic E-state index is 5.81. The molecule has 2 atom stereocenters. The van der Waals surface area contributed by atoms with Gasteiger partial charge in [-0.3, -0.25) is 0 Å². The Morgan fingerprint density at radius 3 is 3.33 bits per heavy atom. The summed E-state index contributed by atoms with van der Waals surface area (Å²) in [6.07, 6.45) is 1.62. The number of anilines is 2. The first kappa shape index (κ1) is 12.8. The zero-order chi connectivity index (χ0) is 14.4. The van der Waals surface area contributed by atoms with E-state index in [1.165, 1.54) is 0 Å². The molecule has 0 aromatic carbocycles. The SMILES string of the molecule is COC[C@@]12COC[C@@H]1CN(c1nc(N)nc3nc[nH]c13)C2. The number of methoxy groups -OCH3 is 1. The van der Waals surface area contributed by atoms with Crippen LogP contribution >= 0.6 is 0 Å². The van der Waals surface area contributed by atoms with Gasteiger partial charge in [-0.1, -0.05) is 0 Å². The molecule has 0 saturated carbocycles. The zero-order valence-electron chi connectivity index (χ0n) is 11.9. The van der Waals surface area contributed by atoms with Crippen LogP contribution in [0.25, 0.3) is 11.2 Å². The van der Waals surface area contributed by atoms with E-state index in [0.29, 0.717) is 18.2 Å². The molecule has 2 aromatic rings. The van der Waals surface area contributed by atoms with Crippen LogP contribution in [0.5, 0.6) is 0 Å². The predicted octanol–water partition coefficient (Wildman–Crippen LogP) is 0.0343. The number of nitrogens with two attached hydrogens (primary N) is 1. The molecule has 21 heavy (non-hydrogen) atoms. The van der Waals surface area contributed by atoms with Gasteiger partial charge in [-0.15, -0.1) is 0 Å². The molecule has 0 radical (unpaired) electrons. The Labute approximate surface area is 121 Å². The van der Waals surface area contributed by atoms with Gasteiger partial charge >= 0.3 is 0 Å². The number of aromatic nitrogens is 4. The van der Waals surface area contributed by atoms with Gasteiger partial charge in [0.2, 0.25) is 5.95 Å². The molecular formula is C13H18N6O2. The average molecular weight is 290 g/mol. The summed E-state index contributed by atoms with van der Waals surface area (Å²) in [7, 11) is 1.74. The van der Waals surface area contributed by atoms with E-state index in [0.717, 1.165) is 37.6 Å². The van der Waals surface area contributed by atoms with Gasteiger partial charge in [0.05, 0.1) is 26.1 Å². The molecule has 2 fully saturated rings. The smallest absolute Gasteiger partial charge is 0.224 e. The normalized spacial score (nSPS) is 28.4. The zero-order valence-corrected chi connectivity index (χ0v) is 11.9. The largest absolute Gasteiger partial charge is 0.384 e. The lowest BCUT2D eigenvalue weighted by molar-refractivity contribution is 0.0660. The van der Waals surface area contributed by atoms with E-state index in [1.54, 1.807) is 13.4 Å². The number of nitrogens with one attached hydrogen (secondary N) is 1. The van der Waals surface area contributed by atoms with Gasteiger partial charge in [-0.25, -0.2) is 4.98 Å². The van der Waals surface area contributed by atoms with E-state index in [4.69, 9.17) is 15.2 Å². The molecule has 2 aliphatic heterocycles. The molecule has 2 aliphatic rings. The summed E-state index contributed by atoms with van der Waals surface area (Å²) in [5, 5.41) is 0. The highest BCUT2D eigenvalue weighted by Gasteiger charge is 2.51. The Kier molecular flexibility index (Phi) is 2.76. The monoisotopic (exact) mass is 290 g/mol. The summed E-state index contributed by atoms with van der Waals surface area (Å²) >= 11 is 0. The maximum atomic E-state index is 5.81. The van der Waals surface area contributed by atoms with Gasteiger partial charge in [0, 0.05) is 31.5 Å². The first-order valence-electron chi connectivity index (χ1n) is 7.00. The number of nitrogen functional groups attached to an aromatic ring is 1. The minimum Gasteiger partial charge on any atom is -0.384 e. The Hall–Kier alpha value is -1.93. The lowest BCUT2D eigenvalue weighted by Crippen LogP contribution is -2.35. The van der Waals surface area contributed by atoms with Crippen molar-refractivity contribution in [3.63, 3.8) is 0 Å². The van der Waals surface area contributed by atoms with Crippen molar-refractivity contribution in [2.75, 3.05) is 50.7 Å². The summed E-state index contributed by atoms with van der Waals surface area (Å²) in [5.41, 5.74) is 7.28. The Balaban J connectivity index is 1.72. The number of ether oxygens (including phenoxy) is 2. The van der Waals surface area contributed by atoms with Crippen molar-refractivity contribution in [2.24, 2.45) is 11.3 Å². The lowest BCUT2D eigenvalue weighted by Gasteiger charge is -2.26. The summed E-state index contributed by atoms with van der Waals surface area (Å²) in [5.74, 6) is 1.52. The van der Waals surface area contributed by atoms with Gasteiger partial charge in [0.15, 0.2) is 11.5 Å². The van der Waals surface area contributed by atoms with Gasteiger partial charge in [-0.2, -0.15) is 9.97 Å². The number of imidazole rings is 1. The second kappa shape index (κ2) is 4.54. The minimum atomic E-state index is 0.0425.